The molecule has 0 radical (unpaired) electrons. The fourth-order valence-electron chi connectivity index (χ4n) is 3.17. The molecule has 0 aliphatic heterocycles. The van der Waals surface area contributed by atoms with Gasteiger partial charge in [0.2, 0.25) is 0 Å². The molecular weight excluding hydrogens is 158 g/mol. The van der Waals surface area contributed by atoms with Crippen LogP contribution >= 0.6 is 0 Å². The predicted molar refractivity (Wildman–Crippen MR) is 58.6 cm³/mol. The minimum absolute atomic E-state index is 0.108. The zero-order valence-electron chi connectivity index (χ0n) is 9.69. The third-order valence-electron chi connectivity index (χ3n) is 4.37. The molecule has 13 heavy (non-hydrogen) atoms. The molecule has 1 aliphatic carbocycles. The van der Waals surface area contributed by atoms with Gasteiger partial charge in [0.15, 0.2) is 0 Å². The first-order valence-electron chi connectivity index (χ1n) is 5.77. The van der Waals surface area contributed by atoms with Gasteiger partial charge in [0.05, 0.1) is 0 Å². The van der Waals surface area contributed by atoms with Gasteiger partial charge in [-0.15, -0.1) is 0 Å². The number of nitrogens with two attached hydrogens (primary N) is 1. The Balaban J connectivity index is 2.84. The Labute approximate surface area is 83.1 Å². The Hall–Kier alpha value is -0.0400. The quantitative estimate of drug-likeness (QED) is 0.713. The summed E-state index contributed by atoms with van der Waals surface area (Å²) in [7, 11) is 0. The molecule has 0 aromatic heterocycles. The van der Waals surface area contributed by atoms with Crippen molar-refractivity contribution in [3.63, 3.8) is 0 Å². The van der Waals surface area contributed by atoms with Gasteiger partial charge in [-0.25, -0.2) is 0 Å². The van der Waals surface area contributed by atoms with Crippen LogP contribution in [0.2, 0.25) is 0 Å². The number of hydrogen-bond donors (Lipinski definition) is 1. The highest BCUT2D eigenvalue weighted by Gasteiger charge is 2.49. The highest BCUT2D eigenvalue weighted by atomic mass is 14.8. The summed E-state index contributed by atoms with van der Waals surface area (Å²) in [4.78, 5) is 0. The van der Waals surface area contributed by atoms with Crippen molar-refractivity contribution in [3.8, 4) is 0 Å². The Morgan fingerprint density at radius 2 is 1.69 bits per heavy atom. The first-order chi connectivity index (χ1) is 5.98. The topological polar surface area (TPSA) is 26.0 Å². The Morgan fingerprint density at radius 1 is 1.15 bits per heavy atom. The lowest BCUT2D eigenvalue weighted by Crippen LogP contribution is -2.54. The van der Waals surface area contributed by atoms with E-state index >= 15 is 0 Å². The van der Waals surface area contributed by atoms with Crippen LogP contribution in [0.4, 0.5) is 0 Å². The molecule has 0 aromatic rings. The summed E-state index contributed by atoms with van der Waals surface area (Å²) in [5.74, 6) is 0.713. The van der Waals surface area contributed by atoms with Crippen LogP contribution in [0.5, 0.6) is 0 Å². The lowest BCUT2D eigenvalue weighted by atomic mass is 9.66. The number of hydrogen-bond acceptors (Lipinski definition) is 1. The molecule has 1 unspecified atom stereocenters. The maximum Gasteiger partial charge on any atom is 0.0234 e. The molecule has 1 heteroatoms. The van der Waals surface area contributed by atoms with Gasteiger partial charge < -0.3 is 5.73 Å². The van der Waals surface area contributed by atoms with Crippen LogP contribution in [0.1, 0.15) is 59.8 Å². The summed E-state index contributed by atoms with van der Waals surface area (Å²) >= 11 is 0. The van der Waals surface area contributed by atoms with Crippen LogP contribution in [-0.4, -0.2) is 5.54 Å². The van der Waals surface area contributed by atoms with Gasteiger partial charge in [-0.3, -0.25) is 0 Å². The van der Waals surface area contributed by atoms with Crippen molar-refractivity contribution in [1.29, 1.82) is 0 Å². The third-order valence-corrected chi connectivity index (χ3v) is 4.37. The lowest BCUT2D eigenvalue weighted by Gasteiger charge is -2.44. The molecule has 0 spiro atoms. The van der Waals surface area contributed by atoms with Crippen LogP contribution in [0, 0.1) is 11.3 Å². The molecule has 1 saturated carbocycles. The van der Waals surface area contributed by atoms with Crippen molar-refractivity contribution < 1.29 is 0 Å². The van der Waals surface area contributed by atoms with E-state index in [1.165, 1.54) is 32.1 Å². The second-order valence-electron chi connectivity index (χ2n) is 5.29. The van der Waals surface area contributed by atoms with Crippen molar-refractivity contribution in [2.45, 2.75) is 65.3 Å². The van der Waals surface area contributed by atoms with Gasteiger partial charge in [-0.05, 0) is 24.2 Å². The van der Waals surface area contributed by atoms with Crippen LogP contribution in [0.25, 0.3) is 0 Å². The molecule has 0 saturated heterocycles. The molecule has 1 nitrogen and oxygen atoms in total. The van der Waals surface area contributed by atoms with E-state index in [1.807, 2.05) is 0 Å². The minimum Gasteiger partial charge on any atom is -0.324 e. The van der Waals surface area contributed by atoms with Gasteiger partial charge in [0.1, 0.15) is 0 Å². The monoisotopic (exact) mass is 183 g/mol. The van der Waals surface area contributed by atoms with Gasteiger partial charge in [-0.1, -0.05) is 47.0 Å². The minimum atomic E-state index is 0.108. The van der Waals surface area contributed by atoms with Crippen molar-refractivity contribution >= 4 is 0 Å². The summed E-state index contributed by atoms with van der Waals surface area (Å²) in [5, 5.41) is 0. The van der Waals surface area contributed by atoms with E-state index in [2.05, 4.69) is 27.7 Å². The first kappa shape index (κ1) is 11.0. The zero-order valence-corrected chi connectivity index (χ0v) is 9.69. The predicted octanol–water partition coefficient (Wildman–Crippen LogP) is 3.33. The zero-order chi connectivity index (χ0) is 10.1. The summed E-state index contributed by atoms with van der Waals surface area (Å²) in [6.07, 6.45) is 6.32. The van der Waals surface area contributed by atoms with Gasteiger partial charge >= 0.3 is 0 Å². The fourth-order valence-corrected chi connectivity index (χ4v) is 3.17. The summed E-state index contributed by atoms with van der Waals surface area (Å²) in [5.41, 5.74) is 7.06. The summed E-state index contributed by atoms with van der Waals surface area (Å²) in [6.45, 7) is 9.24. The van der Waals surface area contributed by atoms with Crippen molar-refractivity contribution in [1.82, 2.24) is 0 Å². The molecular formula is C12H25N. The van der Waals surface area contributed by atoms with E-state index in [1.54, 1.807) is 0 Å². The Kier molecular flexibility index (Phi) is 3.06. The third kappa shape index (κ3) is 1.63. The van der Waals surface area contributed by atoms with Crippen molar-refractivity contribution in [2.75, 3.05) is 0 Å². The SMILES string of the molecule is CCC(CC)C1(N)CCCC1(C)C. The normalized spacial score (nSPS) is 32.8. The van der Waals surface area contributed by atoms with Gasteiger partial charge in [0, 0.05) is 5.54 Å². The van der Waals surface area contributed by atoms with Crippen molar-refractivity contribution in [2.24, 2.45) is 17.1 Å². The van der Waals surface area contributed by atoms with E-state index in [-0.39, 0.29) is 5.54 Å². The molecule has 1 aliphatic rings. The smallest absolute Gasteiger partial charge is 0.0234 e. The Morgan fingerprint density at radius 3 is 2.00 bits per heavy atom. The van der Waals surface area contributed by atoms with Crippen molar-refractivity contribution in [3.05, 3.63) is 0 Å². The molecule has 2 N–H and O–H groups in total. The molecule has 78 valence electrons. The van der Waals surface area contributed by atoms with E-state index in [0.29, 0.717) is 11.3 Å². The molecule has 0 aromatic carbocycles. The van der Waals surface area contributed by atoms with Crippen LogP contribution in [-0.2, 0) is 0 Å². The molecule has 0 bridgehead atoms. The highest BCUT2D eigenvalue weighted by molar-refractivity contribution is 5.05. The second-order valence-corrected chi connectivity index (χ2v) is 5.29. The second kappa shape index (κ2) is 3.61. The lowest BCUT2D eigenvalue weighted by molar-refractivity contribution is 0.122. The maximum absolute atomic E-state index is 6.60. The first-order valence-corrected chi connectivity index (χ1v) is 5.77. The number of rotatable bonds is 3. The average Bonchev–Trinajstić information content (AvgIpc) is 2.30. The van der Waals surface area contributed by atoms with Crippen LogP contribution in [0.15, 0.2) is 0 Å². The van der Waals surface area contributed by atoms with E-state index < -0.39 is 0 Å². The van der Waals surface area contributed by atoms with Gasteiger partial charge in [-0.2, -0.15) is 0 Å². The standard InChI is InChI=1S/C12H25N/c1-5-10(6-2)12(13)9-7-8-11(12,3)4/h10H,5-9,13H2,1-4H3. The maximum atomic E-state index is 6.60. The average molecular weight is 183 g/mol. The molecule has 0 amide bonds. The van der Waals surface area contributed by atoms with E-state index in [9.17, 15) is 0 Å². The summed E-state index contributed by atoms with van der Waals surface area (Å²) in [6, 6.07) is 0. The van der Waals surface area contributed by atoms with Crippen LogP contribution < -0.4 is 5.73 Å². The fraction of sp³-hybridized carbons (Fsp3) is 1.00. The molecule has 1 fully saturated rings. The Bertz CT molecular complexity index is 170. The highest BCUT2D eigenvalue weighted by Crippen LogP contribution is 2.49. The van der Waals surface area contributed by atoms with Gasteiger partial charge in [0.25, 0.3) is 0 Å². The largest absolute Gasteiger partial charge is 0.324 e. The van der Waals surface area contributed by atoms with E-state index in [4.69, 9.17) is 5.73 Å². The molecule has 0 heterocycles. The summed E-state index contributed by atoms with van der Waals surface area (Å²) < 4.78 is 0. The van der Waals surface area contributed by atoms with Crippen LogP contribution in [0.3, 0.4) is 0 Å². The van der Waals surface area contributed by atoms with E-state index in [0.717, 1.165) is 0 Å². The molecule has 1 atom stereocenters. The molecule has 1 rings (SSSR count).